The summed E-state index contributed by atoms with van der Waals surface area (Å²) < 4.78 is 5.05. The Morgan fingerprint density at radius 1 is 1.19 bits per heavy atom. The molecule has 5 heteroatoms. The average Bonchev–Trinajstić information content (AvgIpc) is 1.98. The van der Waals surface area contributed by atoms with E-state index in [0.717, 1.165) is 0 Å². The largest absolute Gasteiger partial charge is 0.444 e. The van der Waals surface area contributed by atoms with Crippen molar-refractivity contribution in [2.24, 2.45) is 0 Å². The van der Waals surface area contributed by atoms with Crippen LogP contribution in [-0.2, 0) is 9.53 Å². The third kappa shape index (κ3) is 7.56. The molecule has 0 bridgehead atoms. The lowest BCUT2D eigenvalue weighted by Gasteiger charge is -2.21. The molecule has 0 spiro atoms. The molecule has 1 atom stereocenters. The number of alkyl carbamates (subject to hydrolysis) is 1. The van der Waals surface area contributed by atoms with E-state index in [1.54, 1.807) is 27.7 Å². The smallest absolute Gasteiger partial charge is 0.408 e. The van der Waals surface area contributed by atoms with E-state index in [4.69, 9.17) is 4.74 Å². The number of carbonyl (C=O) groups is 2. The molecular formula is C11H21NO3S. The second-order valence-electron chi connectivity index (χ2n) is 4.85. The van der Waals surface area contributed by atoms with Crippen LogP contribution >= 0.6 is 11.8 Å². The number of thioether (sulfide) groups is 1. The predicted octanol–water partition coefficient (Wildman–Crippen LogP) is 2.57. The Labute approximate surface area is 101 Å². The van der Waals surface area contributed by atoms with Gasteiger partial charge in [-0.05, 0) is 27.7 Å². The zero-order valence-electron chi connectivity index (χ0n) is 10.8. The number of rotatable bonds is 3. The van der Waals surface area contributed by atoms with Gasteiger partial charge >= 0.3 is 6.09 Å². The molecule has 0 aliphatic heterocycles. The Balaban J connectivity index is 4.09. The van der Waals surface area contributed by atoms with Gasteiger partial charge < -0.3 is 10.1 Å². The van der Waals surface area contributed by atoms with Crippen LogP contribution in [0.15, 0.2) is 0 Å². The summed E-state index contributed by atoms with van der Waals surface area (Å²) >= 11 is 1.21. The SMILES string of the molecule is CC(C)SC(=O)[C@H](C)NC(=O)OC(C)(C)C. The molecule has 1 amide bonds. The quantitative estimate of drug-likeness (QED) is 0.832. The van der Waals surface area contributed by atoms with Crippen molar-refractivity contribution in [1.82, 2.24) is 5.32 Å². The summed E-state index contributed by atoms with van der Waals surface area (Å²) in [5.74, 6) is 0. The Morgan fingerprint density at radius 3 is 2.06 bits per heavy atom. The number of carbonyl (C=O) groups excluding carboxylic acids is 2. The van der Waals surface area contributed by atoms with Crippen LogP contribution in [-0.4, -0.2) is 28.1 Å². The minimum absolute atomic E-state index is 0.0548. The van der Waals surface area contributed by atoms with Gasteiger partial charge in [-0.3, -0.25) is 4.79 Å². The van der Waals surface area contributed by atoms with E-state index in [1.165, 1.54) is 11.8 Å². The topological polar surface area (TPSA) is 55.4 Å². The molecule has 0 fully saturated rings. The van der Waals surface area contributed by atoms with Crippen LogP contribution in [0, 0.1) is 0 Å². The van der Waals surface area contributed by atoms with Gasteiger partial charge in [-0.1, -0.05) is 25.6 Å². The highest BCUT2D eigenvalue weighted by Gasteiger charge is 2.21. The lowest BCUT2D eigenvalue weighted by atomic mass is 10.2. The van der Waals surface area contributed by atoms with Gasteiger partial charge in [-0.15, -0.1) is 0 Å². The number of hydrogen-bond acceptors (Lipinski definition) is 4. The molecule has 0 radical (unpaired) electrons. The third-order valence-corrected chi connectivity index (χ3v) is 2.50. The standard InChI is InChI=1S/C11H21NO3S/c1-7(2)16-9(13)8(3)12-10(14)15-11(4,5)6/h7-8H,1-6H3,(H,12,14)/t8-/m0/s1. The zero-order chi connectivity index (χ0) is 12.9. The van der Waals surface area contributed by atoms with Crippen LogP contribution in [0.3, 0.4) is 0 Å². The van der Waals surface area contributed by atoms with Gasteiger partial charge in [0, 0.05) is 5.25 Å². The van der Waals surface area contributed by atoms with Crippen molar-refractivity contribution >= 4 is 23.0 Å². The van der Waals surface area contributed by atoms with Gasteiger partial charge in [0.2, 0.25) is 5.12 Å². The van der Waals surface area contributed by atoms with Crippen LogP contribution in [0.1, 0.15) is 41.5 Å². The lowest BCUT2D eigenvalue weighted by molar-refractivity contribution is -0.112. The lowest BCUT2D eigenvalue weighted by Crippen LogP contribution is -2.41. The van der Waals surface area contributed by atoms with Crippen LogP contribution in [0.2, 0.25) is 0 Å². The van der Waals surface area contributed by atoms with E-state index in [-0.39, 0.29) is 10.4 Å². The Morgan fingerprint density at radius 2 is 1.69 bits per heavy atom. The first kappa shape index (κ1) is 15.3. The molecule has 1 N–H and O–H groups in total. The molecule has 0 saturated carbocycles. The fourth-order valence-electron chi connectivity index (χ4n) is 0.878. The highest BCUT2D eigenvalue weighted by atomic mass is 32.2. The van der Waals surface area contributed by atoms with Gasteiger partial charge in [-0.25, -0.2) is 4.79 Å². The van der Waals surface area contributed by atoms with Gasteiger partial charge in [0.15, 0.2) is 0 Å². The fourth-order valence-corrected chi connectivity index (χ4v) is 1.61. The van der Waals surface area contributed by atoms with Crippen LogP contribution in [0.5, 0.6) is 0 Å². The normalized spacial score (nSPS) is 13.4. The first-order valence-electron chi connectivity index (χ1n) is 5.32. The summed E-state index contributed by atoms with van der Waals surface area (Å²) in [5.41, 5.74) is -0.544. The predicted molar refractivity (Wildman–Crippen MR) is 66.6 cm³/mol. The number of amides is 1. The molecule has 0 aromatic heterocycles. The second kappa shape index (κ2) is 6.13. The molecule has 0 aliphatic rings. The third-order valence-electron chi connectivity index (χ3n) is 1.44. The van der Waals surface area contributed by atoms with Gasteiger partial charge in [0.1, 0.15) is 5.60 Å². The Kier molecular flexibility index (Phi) is 5.86. The molecule has 4 nitrogen and oxygen atoms in total. The van der Waals surface area contributed by atoms with Crippen molar-refractivity contribution < 1.29 is 14.3 Å². The molecule has 0 aliphatic carbocycles. The van der Waals surface area contributed by atoms with Crippen molar-refractivity contribution in [3.8, 4) is 0 Å². The summed E-state index contributed by atoms with van der Waals surface area (Å²) in [6, 6.07) is -0.526. The maximum Gasteiger partial charge on any atom is 0.408 e. The van der Waals surface area contributed by atoms with Crippen LogP contribution in [0.4, 0.5) is 4.79 Å². The summed E-state index contributed by atoms with van der Waals surface area (Å²) in [4.78, 5) is 22.9. The zero-order valence-corrected chi connectivity index (χ0v) is 11.6. The number of ether oxygens (including phenoxy) is 1. The highest BCUT2D eigenvalue weighted by molar-refractivity contribution is 8.14. The first-order valence-corrected chi connectivity index (χ1v) is 6.20. The van der Waals surface area contributed by atoms with Crippen LogP contribution in [0.25, 0.3) is 0 Å². The van der Waals surface area contributed by atoms with Gasteiger partial charge in [0.25, 0.3) is 0 Å². The Bertz CT molecular complexity index is 258. The van der Waals surface area contributed by atoms with E-state index >= 15 is 0 Å². The van der Waals surface area contributed by atoms with Crippen molar-refractivity contribution in [3.05, 3.63) is 0 Å². The maximum absolute atomic E-state index is 11.5. The van der Waals surface area contributed by atoms with Gasteiger partial charge in [-0.2, -0.15) is 0 Å². The maximum atomic E-state index is 11.5. The first-order chi connectivity index (χ1) is 7.11. The molecule has 0 aromatic carbocycles. The average molecular weight is 247 g/mol. The monoisotopic (exact) mass is 247 g/mol. The molecule has 0 aromatic rings. The molecule has 0 unspecified atom stereocenters. The molecule has 0 heterocycles. The minimum Gasteiger partial charge on any atom is -0.444 e. The molecule has 0 saturated heterocycles. The van der Waals surface area contributed by atoms with E-state index in [1.807, 2.05) is 13.8 Å². The summed E-state index contributed by atoms with van der Waals surface area (Å²) in [5, 5.41) is 2.67. The van der Waals surface area contributed by atoms with Crippen molar-refractivity contribution in [3.63, 3.8) is 0 Å². The summed E-state index contributed by atoms with van der Waals surface area (Å²) in [7, 11) is 0. The minimum atomic E-state index is -0.558. The molecular weight excluding hydrogens is 226 g/mol. The van der Waals surface area contributed by atoms with E-state index < -0.39 is 17.7 Å². The van der Waals surface area contributed by atoms with E-state index in [0.29, 0.717) is 0 Å². The molecule has 0 rings (SSSR count). The summed E-state index contributed by atoms with van der Waals surface area (Å²) in [6.07, 6.45) is -0.558. The Hall–Kier alpha value is -0.710. The van der Waals surface area contributed by atoms with Gasteiger partial charge in [0.05, 0.1) is 6.04 Å². The fraction of sp³-hybridized carbons (Fsp3) is 0.818. The van der Waals surface area contributed by atoms with E-state index in [2.05, 4.69) is 5.32 Å². The summed E-state index contributed by atoms with van der Waals surface area (Å²) in [6.45, 7) is 10.9. The van der Waals surface area contributed by atoms with Crippen LogP contribution < -0.4 is 5.32 Å². The molecule has 16 heavy (non-hydrogen) atoms. The van der Waals surface area contributed by atoms with Crippen molar-refractivity contribution in [2.45, 2.75) is 58.4 Å². The number of nitrogens with one attached hydrogen (secondary N) is 1. The van der Waals surface area contributed by atoms with E-state index in [9.17, 15) is 9.59 Å². The highest BCUT2D eigenvalue weighted by Crippen LogP contribution is 2.13. The van der Waals surface area contributed by atoms with Crippen molar-refractivity contribution in [2.75, 3.05) is 0 Å². The molecule has 94 valence electrons. The van der Waals surface area contributed by atoms with Crippen molar-refractivity contribution in [1.29, 1.82) is 0 Å². The second-order valence-corrected chi connectivity index (χ2v) is 6.43. The number of hydrogen-bond donors (Lipinski definition) is 1.